The highest BCUT2D eigenvalue weighted by atomic mass is 16.2. The van der Waals surface area contributed by atoms with Crippen LogP contribution < -0.4 is 11.1 Å². The SMILES string of the molecule is Cc1cc(-c2ccccc2)n2nc3[nH]c(=O)c(=O)n-3nc2c1C#N. The van der Waals surface area contributed by atoms with Crippen LogP contribution in [0.4, 0.5) is 0 Å². The molecule has 0 amide bonds. The van der Waals surface area contributed by atoms with Crippen molar-refractivity contribution in [1.82, 2.24) is 24.4 Å². The van der Waals surface area contributed by atoms with Gasteiger partial charge in [0, 0.05) is 5.56 Å². The van der Waals surface area contributed by atoms with Crippen molar-refractivity contribution in [3.63, 3.8) is 0 Å². The molecule has 0 spiro atoms. The Labute approximate surface area is 134 Å². The summed E-state index contributed by atoms with van der Waals surface area (Å²) in [5, 5.41) is 17.9. The van der Waals surface area contributed by atoms with Gasteiger partial charge in [0.15, 0.2) is 5.65 Å². The minimum Gasteiger partial charge on any atom is -0.285 e. The third-order valence-corrected chi connectivity index (χ3v) is 3.78. The highest BCUT2D eigenvalue weighted by Crippen LogP contribution is 2.24. The number of hydrogen-bond acceptors (Lipinski definition) is 5. The van der Waals surface area contributed by atoms with Gasteiger partial charge in [-0.05, 0) is 18.6 Å². The molecule has 0 aliphatic carbocycles. The minimum atomic E-state index is -0.827. The number of rotatable bonds is 1. The van der Waals surface area contributed by atoms with E-state index in [1.165, 1.54) is 4.52 Å². The first kappa shape index (κ1) is 13.9. The van der Waals surface area contributed by atoms with Gasteiger partial charge >= 0.3 is 11.1 Å². The summed E-state index contributed by atoms with van der Waals surface area (Å²) in [7, 11) is 0. The zero-order valence-corrected chi connectivity index (χ0v) is 12.5. The standard InChI is InChI=1S/C16H10N6O2/c1-9-7-12(10-5-3-2-4-6-10)21-13(11(9)8-17)19-22-15(24)14(23)18-16(22)20-21/h2-7H,1H3,(H,18,20,23). The number of fused-ring (bicyclic) bond motifs is 2. The van der Waals surface area contributed by atoms with Gasteiger partial charge in [0.05, 0.1) is 5.69 Å². The van der Waals surface area contributed by atoms with Crippen LogP contribution in [0.5, 0.6) is 0 Å². The first-order valence-electron chi connectivity index (χ1n) is 7.11. The smallest absolute Gasteiger partial charge is 0.285 e. The second kappa shape index (κ2) is 4.89. The Morgan fingerprint density at radius 2 is 1.92 bits per heavy atom. The molecule has 0 bridgehead atoms. The fourth-order valence-corrected chi connectivity index (χ4v) is 2.63. The molecule has 1 N–H and O–H groups in total. The van der Waals surface area contributed by atoms with Crippen molar-refractivity contribution >= 4 is 5.65 Å². The van der Waals surface area contributed by atoms with Crippen LogP contribution >= 0.6 is 0 Å². The van der Waals surface area contributed by atoms with E-state index in [0.717, 1.165) is 10.2 Å². The summed E-state index contributed by atoms with van der Waals surface area (Å²) in [4.78, 5) is 25.8. The number of aryl methyl sites for hydroxylation is 1. The Hall–Kier alpha value is -3.73. The van der Waals surface area contributed by atoms with Crippen LogP contribution in [0.25, 0.3) is 22.9 Å². The lowest BCUT2D eigenvalue weighted by atomic mass is 10.1. The second-order valence-electron chi connectivity index (χ2n) is 5.30. The maximum absolute atomic E-state index is 11.8. The number of nitriles is 1. The number of hydrogen-bond donors (Lipinski definition) is 1. The van der Waals surface area contributed by atoms with E-state index in [4.69, 9.17) is 0 Å². The fraction of sp³-hybridized carbons (Fsp3) is 0.0625. The largest absolute Gasteiger partial charge is 0.339 e. The molecule has 8 nitrogen and oxygen atoms in total. The fourth-order valence-electron chi connectivity index (χ4n) is 2.63. The van der Waals surface area contributed by atoms with Gasteiger partial charge in [-0.2, -0.15) is 9.94 Å². The van der Waals surface area contributed by atoms with Gasteiger partial charge in [0.25, 0.3) is 5.95 Å². The van der Waals surface area contributed by atoms with Crippen molar-refractivity contribution < 1.29 is 0 Å². The van der Waals surface area contributed by atoms with E-state index in [2.05, 4.69) is 21.3 Å². The van der Waals surface area contributed by atoms with Crippen molar-refractivity contribution in [3.05, 3.63) is 68.2 Å². The lowest BCUT2D eigenvalue weighted by molar-refractivity contribution is 0.714. The molecule has 2 aromatic rings. The van der Waals surface area contributed by atoms with Crippen molar-refractivity contribution in [3.8, 4) is 23.3 Å². The van der Waals surface area contributed by atoms with Crippen LogP contribution in [-0.4, -0.2) is 24.4 Å². The molecule has 8 heteroatoms. The number of nitrogens with one attached hydrogen (secondary N) is 1. The maximum Gasteiger partial charge on any atom is 0.339 e. The van der Waals surface area contributed by atoms with E-state index in [1.807, 2.05) is 36.4 Å². The number of aromatic nitrogens is 5. The van der Waals surface area contributed by atoms with Gasteiger partial charge in [-0.1, -0.05) is 30.3 Å². The number of pyridine rings is 1. The summed E-state index contributed by atoms with van der Waals surface area (Å²) < 4.78 is 2.35. The highest BCUT2D eigenvalue weighted by Gasteiger charge is 2.19. The normalized spacial score (nSPS) is 11.0. The quantitative estimate of drug-likeness (QED) is 0.523. The topological polar surface area (TPSA) is 109 Å². The lowest BCUT2D eigenvalue weighted by Gasteiger charge is -2.13. The van der Waals surface area contributed by atoms with E-state index < -0.39 is 11.1 Å². The molecule has 3 heterocycles. The molecule has 116 valence electrons. The molecule has 0 fully saturated rings. The molecule has 1 aromatic heterocycles. The lowest BCUT2D eigenvalue weighted by Crippen LogP contribution is -2.28. The third-order valence-electron chi connectivity index (χ3n) is 3.78. The highest BCUT2D eigenvalue weighted by molar-refractivity contribution is 5.69. The van der Waals surface area contributed by atoms with E-state index in [0.29, 0.717) is 16.8 Å². The average molecular weight is 318 g/mol. The third kappa shape index (κ3) is 1.85. The number of nitrogens with zero attached hydrogens (tertiary/aromatic N) is 5. The molecule has 4 rings (SSSR count). The van der Waals surface area contributed by atoms with Gasteiger partial charge in [-0.15, -0.1) is 10.2 Å². The average Bonchev–Trinajstić information content (AvgIpc) is 2.87. The molecule has 0 saturated carbocycles. The van der Waals surface area contributed by atoms with Crippen LogP contribution in [0.1, 0.15) is 11.1 Å². The zero-order chi connectivity index (χ0) is 16.8. The summed E-state index contributed by atoms with van der Waals surface area (Å²) in [6.45, 7) is 1.79. The van der Waals surface area contributed by atoms with Crippen molar-refractivity contribution in [2.24, 2.45) is 0 Å². The van der Waals surface area contributed by atoms with Crippen molar-refractivity contribution in [1.29, 1.82) is 5.26 Å². The van der Waals surface area contributed by atoms with Crippen molar-refractivity contribution in [2.75, 3.05) is 0 Å². The summed E-state index contributed by atoms with van der Waals surface area (Å²) in [5.41, 5.74) is 1.15. The van der Waals surface area contributed by atoms with E-state index in [9.17, 15) is 14.9 Å². The predicted octanol–water partition coefficient (Wildman–Crippen LogP) is 0.853. The summed E-state index contributed by atoms with van der Waals surface area (Å²) in [5.74, 6) is 0.0208. The van der Waals surface area contributed by atoms with Gasteiger partial charge in [0.1, 0.15) is 11.6 Å². The van der Waals surface area contributed by atoms with Gasteiger partial charge in [0.2, 0.25) is 0 Å². The van der Waals surface area contributed by atoms with E-state index in [1.54, 1.807) is 6.92 Å². The molecule has 2 aliphatic heterocycles. The monoisotopic (exact) mass is 318 g/mol. The molecule has 1 aromatic carbocycles. The zero-order valence-electron chi connectivity index (χ0n) is 12.5. The van der Waals surface area contributed by atoms with E-state index >= 15 is 0 Å². The van der Waals surface area contributed by atoms with Gasteiger partial charge < -0.3 is 0 Å². The Morgan fingerprint density at radius 1 is 1.17 bits per heavy atom. The molecular formula is C16H10N6O2. The molecule has 0 unspecified atom stereocenters. The summed E-state index contributed by atoms with van der Waals surface area (Å²) >= 11 is 0. The number of benzene rings is 1. The Kier molecular flexibility index (Phi) is 2.83. The van der Waals surface area contributed by atoms with Gasteiger partial charge in [-0.3, -0.25) is 14.6 Å². The molecule has 0 radical (unpaired) electrons. The molecular weight excluding hydrogens is 308 g/mol. The minimum absolute atomic E-state index is 0.0208. The first-order valence-corrected chi connectivity index (χ1v) is 7.11. The Balaban J connectivity index is 2.24. The first-order chi connectivity index (χ1) is 11.6. The molecule has 24 heavy (non-hydrogen) atoms. The van der Waals surface area contributed by atoms with Gasteiger partial charge in [-0.25, -0.2) is 4.52 Å². The molecule has 2 aliphatic rings. The van der Waals surface area contributed by atoms with E-state index in [-0.39, 0.29) is 11.6 Å². The summed E-state index contributed by atoms with van der Waals surface area (Å²) in [6.07, 6.45) is 0. The van der Waals surface area contributed by atoms with Crippen LogP contribution in [-0.2, 0) is 0 Å². The number of H-pyrrole nitrogens is 1. The second-order valence-corrected chi connectivity index (χ2v) is 5.30. The molecule has 0 saturated heterocycles. The Bertz CT molecular complexity index is 1210. The molecule has 0 atom stereocenters. The predicted molar refractivity (Wildman–Crippen MR) is 85.3 cm³/mol. The van der Waals surface area contributed by atoms with Crippen LogP contribution in [0.2, 0.25) is 0 Å². The van der Waals surface area contributed by atoms with Crippen LogP contribution in [0.3, 0.4) is 0 Å². The number of aromatic amines is 1. The van der Waals surface area contributed by atoms with Crippen LogP contribution in [0.15, 0.2) is 46.0 Å². The number of imidazole rings is 1. The van der Waals surface area contributed by atoms with Crippen LogP contribution in [0, 0.1) is 18.3 Å². The van der Waals surface area contributed by atoms with Crippen molar-refractivity contribution in [2.45, 2.75) is 6.92 Å². The maximum atomic E-state index is 11.8. The Morgan fingerprint density at radius 3 is 2.62 bits per heavy atom. The summed E-state index contributed by atoms with van der Waals surface area (Å²) in [6, 6.07) is 13.4.